The first-order chi connectivity index (χ1) is 34.7. The Morgan fingerprint density at radius 2 is 0.829 bits per heavy atom. The van der Waals surface area contributed by atoms with Gasteiger partial charge in [0.1, 0.15) is 0 Å². The molecular formula is C65H39N3O2. The number of rotatable bonds is 5. The molecule has 5 nitrogen and oxygen atoms in total. The van der Waals surface area contributed by atoms with Crippen LogP contribution in [0, 0.1) is 0 Å². The maximum atomic E-state index is 6.62. The number of para-hydroxylation sites is 3. The molecule has 70 heavy (non-hydrogen) atoms. The van der Waals surface area contributed by atoms with E-state index in [9.17, 15) is 0 Å². The van der Waals surface area contributed by atoms with Crippen molar-refractivity contribution in [2.75, 3.05) is 0 Å². The monoisotopic (exact) mass is 893 g/mol. The van der Waals surface area contributed by atoms with Gasteiger partial charge in [-0.15, -0.1) is 0 Å². The van der Waals surface area contributed by atoms with Crippen LogP contribution in [0.4, 0.5) is 0 Å². The van der Waals surface area contributed by atoms with Crippen molar-refractivity contribution in [1.29, 1.82) is 0 Å². The van der Waals surface area contributed by atoms with Crippen molar-refractivity contribution < 1.29 is 9.47 Å². The molecule has 2 aliphatic carbocycles. The van der Waals surface area contributed by atoms with E-state index >= 15 is 0 Å². The summed E-state index contributed by atoms with van der Waals surface area (Å²) in [6, 6.07) is 84.4. The van der Waals surface area contributed by atoms with Crippen LogP contribution >= 0.6 is 0 Å². The van der Waals surface area contributed by atoms with E-state index < -0.39 is 5.41 Å². The van der Waals surface area contributed by atoms with Gasteiger partial charge < -0.3 is 14.0 Å². The van der Waals surface area contributed by atoms with Gasteiger partial charge in [-0.3, -0.25) is 0 Å². The zero-order valence-electron chi connectivity index (χ0n) is 37.7. The molecule has 10 aromatic carbocycles. The van der Waals surface area contributed by atoms with E-state index in [4.69, 9.17) is 19.4 Å². The molecule has 0 amide bonds. The zero-order chi connectivity index (χ0) is 45.9. The van der Waals surface area contributed by atoms with Gasteiger partial charge in [0.2, 0.25) is 0 Å². The predicted octanol–water partition coefficient (Wildman–Crippen LogP) is 16.5. The van der Waals surface area contributed by atoms with E-state index in [1.54, 1.807) is 0 Å². The lowest BCUT2D eigenvalue weighted by Gasteiger charge is -2.31. The highest BCUT2D eigenvalue weighted by molar-refractivity contribution is 6.10. The maximum absolute atomic E-state index is 6.62. The van der Waals surface area contributed by atoms with E-state index in [0.29, 0.717) is 5.82 Å². The summed E-state index contributed by atoms with van der Waals surface area (Å²) in [6.45, 7) is 0. The van der Waals surface area contributed by atoms with Crippen LogP contribution in [0.5, 0.6) is 23.0 Å². The van der Waals surface area contributed by atoms with Crippen molar-refractivity contribution in [1.82, 2.24) is 14.5 Å². The Morgan fingerprint density at radius 1 is 0.314 bits per heavy atom. The number of hydrogen-bond acceptors (Lipinski definition) is 4. The van der Waals surface area contributed by atoms with Crippen LogP contribution in [0.2, 0.25) is 0 Å². The van der Waals surface area contributed by atoms with Crippen LogP contribution in [0.3, 0.4) is 0 Å². The highest BCUT2D eigenvalue weighted by Gasteiger charge is 2.52. The largest absolute Gasteiger partial charge is 0.450 e. The quantitative estimate of drug-likeness (QED) is 0.173. The smallest absolute Gasteiger partial charge is 0.170 e. The molecule has 0 N–H and O–H groups in total. The Hall–Kier alpha value is -9.32. The summed E-state index contributed by atoms with van der Waals surface area (Å²) in [5.74, 6) is 3.60. The molecule has 0 fully saturated rings. The molecule has 0 saturated carbocycles. The lowest BCUT2D eigenvalue weighted by molar-refractivity contribution is 0.359. The van der Waals surface area contributed by atoms with Crippen molar-refractivity contribution in [2.24, 2.45) is 0 Å². The first kappa shape index (κ1) is 38.8. The van der Waals surface area contributed by atoms with E-state index in [1.165, 1.54) is 49.7 Å². The predicted molar refractivity (Wildman–Crippen MR) is 281 cm³/mol. The van der Waals surface area contributed by atoms with E-state index in [-0.39, 0.29) is 0 Å². The number of ether oxygens (including phenoxy) is 2. The third kappa shape index (κ3) is 5.60. The summed E-state index contributed by atoms with van der Waals surface area (Å²) >= 11 is 0. The molecular weight excluding hydrogens is 855 g/mol. The zero-order valence-corrected chi connectivity index (χ0v) is 37.7. The van der Waals surface area contributed by atoms with E-state index in [0.717, 1.165) is 84.5 Å². The highest BCUT2D eigenvalue weighted by atomic mass is 16.6. The first-order valence-corrected chi connectivity index (χ1v) is 23.8. The normalized spacial score (nSPS) is 13.2. The molecule has 0 bridgehead atoms. The minimum absolute atomic E-state index is 0.562. The molecule has 326 valence electrons. The maximum Gasteiger partial charge on any atom is 0.170 e. The SMILES string of the molecule is c1ccc(-c2cc(-c3ccc(-n4c5ccccc5c5cc(-c6ccc7c(c6)C6(c8ccccc8-c8ccccc86)c6cc8c(cc6-7)Oc6ccccc6O8)ccc54)cc3)nc(-c3ccccc3)n2)cc1. The molecule has 0 atom stereocenters. The minimum atomic E-state index is -0.562. The summed E-state index contributed by atoms with van der Waals surface area (Å²) < 4.78 is 15.5. The van der Waals surface area contributed by atoms with Crippen LogP contribution in [0.1, 0.15) is 22.3 Å². The minimum Gasteiger partial charge on any atom is -0.450 e. The number of aromatic nitrogens is 3. The molecule has 0 unspecified atom stereocenters. The van der Waals surface area contributed by atoms with Gasteiger partial charge in [-0.25, -0.2) is 9.97 Å². The summed E-state index contributed by atoms with van der Waals surface area (Å²) in [6.07, 6.45) is 0. The molecule has 0 radical (unpaired) electrons. The number of benzene rings is 10. The fourth-order valence-corrected chi connectivity index (χ4v) is 11.6. The van der Waals surface area contributed by atoms with Crippen LogP contribution in [-0.2, 0) is 5.41 Å². The average Bonchev–Trinajstić information content (AvgIpc) is 4.03. The molecule has 5 heteroatoms. The fourth-order valence-electron chi connectivity index (χ4n) is 11.6. The summed E-state index contributed by atoms with van der Waals surface area (Å²) in [4.78, 5) is 10.1. The molecule has 2 aromatic heterocycles. The Kier molecular flexibility index (Phi) is 8.21. The number of nitrogens with zero attached hydrogens (tertiary/aromatic N) is 3. The molecule has 1 aliphatic heterocycles. The molecule has 3 heterocycles. The van der Waals surface area contributed by atoms with Crippen molar-refractivity contribution in [2.45, 2.75) is 5.41 Å². The van der Waals surface area contributed by atoms with Crippen LogP contribution < -0.4 is 9.47 Å². The van der Waals surface area contributed by atoms with Crippen LogP contribution in [0.25, 0.3) is 94.8 Å². The first-order valence-electron chi connectivity index (χ1n) is 23.8. The summed E-state index contributed by atoms with van der Waals surface area (Å²) in [5, 5.41) is 2.40. The van der Waals surface area contributed by atoms with E-state index in [1.807, 2.05) is 48.5 Å². The topological polar surface area (TPSA) is 49.2 Å². The lowest BCUT2D eigenvalue weighted by atomic mass is 9.70. The molecule has 12 aromatic rings. The Balaban J connectivity index is 0.860. The van der Waals surface area contributed by atoms with Gasteiger partial charge in [0.25, 0.3) is 0 Å². The second-order valence-corrected chi connectivity index (χ2v) is 18.4. The third-order valence-corrected chi connectivity index (χ3v) is 14.7. The van der Waals surface area contributed by atoms with Gasteiger partial charge in [-0.2, -0.15) is 0 Å². The second kappa shape index (κ2) is 14.8. The van der Waals surface area contributed by atoms with Gasteiger partial charge in [0.05, 0.1) is 27.8 Å². The van der Waals surface area contributed by atoms with Crippen molar-refractivity contribution in [3.05, 3.63) is 259 Å². The van der Waals surface area contributed by atoms with Crippen LogP contribution in [0.15, 0.2) is 237 Å². The summed E-state index contributed by atoms with van der Waals surface area (Å²) in [5.41, 5.74) is 19.9. The Bertz CT molecular complexity index is 4020. The molecule has 0 saturated heterocycles. The number of fused-ring (bicyclic) bond motifs is 15. The standard InChI is InChI=1S/C65H39N3O2/c1-3-15-40(16-4-1)56-39-57(67-64(66-56)42-17-5-2-6-18-42)41-27-31-45(32-28-41)68-58-24-12-9-21-49(58)51-35-43(30-34-59(51)68)44-29-33-48-50-37-62-63(70-61-26-14-13-25-60(61)69-62)38-55(50)65(54(48)36-44)52-22-10-7-19-46(52)47-20-8-11-23-53(47)65/h1-39H. The van der Waals surface area contributed by atoms with Crippen molar-refractivity contribution in [3.63, 3.8) is 0 Å². The summed E-state index contributed by atoms with van der Waals surface area (Å²) in [7, 11) is 0. The average molecular weight is 894 g/mol. The highest BCUT2D eigenvalue weighted by Crippen LogP contribution is 2.65. The van der Waals surface area contributed by atoms with Gasteiger partial charge in [-0.05, 0) is 122 Å². The second-order valence-electron chi connectivity index (χ2n) is 18.4. The molecule has 3 aliphatic rings. The van der Waals surface area contributed by atoms with Gasteiger partial charge >= 0.3 is 0 Å². The van der Waals surface area contributed by atoms with E-state index in [2.05, 4.69) is 193 Å². The Labute approximate surface area is 404 Å². The lowest BCUT2D eigenvalue weighted by Crippen LogP contribution is -2.26. The van der Waals surface area contributed by atoms with Crippen molar-refractivity contribution in [3.8, 4) is 96.0 Å². The van der Waals surface area contributed by atoms with Gasteiger partial charge in [0.15, 0.2) is 28.8 Å². The van der Waals surface area contributed by atoms with Gasteiger partial charge in [0, 0.05) is 33.2 Å². The Morgan fingerprint density at radius 3 is 1.54 bits per heavy atom. The third-order valence-electron chi connectivity index (χ3n) is 14.7. The van der Waals surface area contributed by atoms with Crippen molar-refractivity contribution >= 4 is 21.8 Å². The van der Waals surface area contributed by atoms with Gasteiger partial charge in [-0.1, -0.05) is 170 Å². The molecule has 15 rings (SSSR count). The fraction of sp³-hybridized carbons (Fsp3) is 0.0154. The molecule has 1 spiro atoms. The number of hydrogen-bond donors (Lipinski definition) is 0. The van der Waals surface area contributed by atoms with Crippen LogP contribution in [-0.4, -0.2) is 14.5 Å².